The molecule has 0 bridgehead atoms. The van der Waals surface area contributed by atoms with Crippen molar-refractivity contribution in [3.63, 3.8) is 0 Å². The number of ether oxygens (including phenoxy) is 2. The van der Waals surface area contributed by atoms with Gasteiger partial charge in [0.25, 0.3) is 0 Å². The minimum absolute atomic E-state index is 0.319. The highest BCUT2D eigenvalue weighted by Crippen LogP contribution is 2.37. The van der Waals surface area contributed by atoms with E-state index in [0.717, 1.165) is 9.86 Å². The summed E-state index contributed by atoms with van der Waals surface area (Å²) >= 11 is 3.49. The van der Waals surface area contributed by atoms with E-state index >= 15 is 0 Å². The number of hydrogen-bond acceptors (Lipinski definition) is 5. The first-order valence-electron chi connectivity index (χ1n) is 6.14. The molecule has 0 aliphatic rings. The van der Waals surface area contributed by atoms with Crippen molar-refractivity contribution in [1.82, 2.24) is 4.98 Å². The fraction of sp³-hybridized carbons (Fsp3) is 0.286. The summed E-state index contributed by atoms with van der Waals surface area (Å²) in [7, 11) is 3.34. The number of carbonyl (C=O) groups excluding carboxylic acids is 1. The summed E-state index contributed by atoms with van der Waals surface area (Å²) in [5.41, 5.74) is 1.74. The second kappa shape index (κ2) is 6.09. The van der Waals surface area contributed by atoms with Crippen molar-refractivity contribution in [2.45, 2.75) is 6.92 Å². The summed E-state index contributed by atoms with van der Waals surface area (Å²) in [6, 6.07) is 3.68. The molecule has 0 atom stereocenters. The van der Waals surface area contributed by atoms with Crippen LogP contribution >= 0.6 is 15.9 Å². The molecule has 0 amide bonds. The lowest BCUT2D eigenvalue weighted by molar-refractivity contribution is 0.0527. The van der Waals surface area contributed by atoms with Gasteiger partial charge >= 0.3 is 5.97 Å². The molecule has 0 spiro atoms. The second-order valence-corrected chi connectivity index (χ2v) is 4.84. The normalized spacial score (nSPS) is 10.4. The number of halogens is 1. The number of benzene rings is 1. The largest absolute Gasteiger partial charge is 0.494 e. The van der Waals surface area contributed by atoms with Crippen LogP contribution in [0, 0.1) is 0 Å². The van der Waals surface area contributed by atoms with Crippen LogP contribution in [0.2, 0.25) is 0 Å². The number of esters is 1. The van der Waals surface area contributed by atoms with Gasteiger partial charge < -0.3 is 14.8 Å². The highest BCUT2D eigenvalue weighted by atomic mass is 79.9. The van der Waals surface area contributed by atoms with Crippen LogP contribution in [0.25, 0.3) is 10.9 Å². The van der Waals surface area contributed by atoms with Gasteiger partial charge in [0, 0.05) is 23.1 Å². The Kier molecular flexibility index (Phi) is 4.44. The van der Waals surface area contributed by atoms with Crippen LogP contribution in [0.15, 0.2) is 22.8 Å². The predicted octanol–water partition coefficient (Wildman–Crippen LogP) is 3.22. The molecule has 0 saturated carbocycles. The molecule has 1 aromatic carbocycles. The molecule has 0 saturated heterocycles. The maximum absolute atomic E-state index is 12.0. The zero-order chi connectivity index (χ0) is 14.7. The molecule has 1 aromatic heterocycles. The van der Waals surface area contributed by atoms with E-state index in [1.165, 1.54) is 6.20 Å². The Morgan fingerprint density at radius 1 is 1.45 bits per heavy atom. The number of methoxy groups -OCH3 is 1. The molecule has 2 rings (SSSR count). The molecule has 5 nitrogen and oxygen atoms in total. The molecule has 6 heteroatoms. The van der Waals surface area contributed by atoms with Crippen LogP contribution in [-0.4, -0.2) is 31.7 Å². The molecule has 2 aromatic rings. The van der Waals surface area contributed by atoms with E-state index in [1.807, 2.05) is 12.1 Å². The lowest BCUT2D eigenvalue weighted by Gasteiger charge is -2.14. The van der Waals surface area contributed by atoms with E-state index in [-0.39, 0.29) is 0 Å². The molecule has 106 valence electrons. The van der Waals surface area contributed by atoms with E-state index in [2.05, 4.69) is 26.2 Å². The van der Waals surface area contributed by atoms with Crippen molar-refractivity contribution < 1.29 is 14.3 Å². The predicted molar refractivity (Wildman–Crippen MR) is 81.5 cm³/mol. The summed E-state index contributed by atoms with van der Waals surface area (Å²) in [5, 5.41) is 3.83. The fourth-order valence-electron chi connectivity index (χ4n) is 2.03. The lowest BCUT2D eigenvalue weighted by atomic mass is 10.1. The summed E-state index contributed by atoms with van der Waals surface area (Å²) in [4.78, 5) is 16.3. The third-order valence-corrected chi connectivity index (χ3v) is 3.56. The number of fused-ring (bicyclic) bond motifs is 1. The van der Waals surface area contributed by atoms with E-state index in [4.69, 9.17) is 9.47 Å². The fourth-order valence-corrected chi connectivity index (χ4v) is 2.55. The Labute approximate surface area is 125 Å². The minimum atomic E-state index is -0.402. The Morgan fingerprint density at radius 3 is 2.80 bits per heavy atom. The van der Waals surface area contributed by atoms with Crippen molar-refractivity contribution in [3.05, 3.63) is 28.4 Å². The number of carbonyl (C=O) groups is 1. The number of pyridine rings is 1. The quantitative estimate of drug-likeness (QED) is 0.867. The molecule has 0 unspecified atom stereocenters. The topological polar surface area (TPSA) is 60.5 Å². The highest BCUT2D eigenvalue weighted by Gasteiger charge is 2.19. The molecular weight excluding hydrogens is 324 g/mol. The lowest BCUT2D eigenvalue weighted by Crippen LogP contribution is -2.09. The second-order valence-electron chi connectivity index (χ2n) is 3.99. The van der Waals surface area contributed by atoms with E-state index in [0.29, 0.717) is 29.1 Å². The van der Waals surface area contributed by atoms with Gasteiger partial charge in [0.1, 0.15) is 16.8 Å². The van der Waals surface area contributed by atoms with Crippen molar-refractivity contribution in [2.75, 3.05) is 26.1 Å². The van der Waals surface area contributed by atoms with E-state index in [9.17, 15) is 4.79 Å². The number of nitrogens with one attached hydrogen (secondary N) is 1. The molecule has 0 fully saturated rings. The van der Waals surface area contributed by atoms with E-state index in [1.54, 1.807) is 21.1 Å². The average molecular weight is 339 g/mol. The molecule has 0 aliphatic heterocycles. The summed E-state index contributed by atoms with van der Waals surface area (Å²) in [6.07, 6.45) is 1.50. The molecule has 1 N–H and O–H groups in total. The van der Waals surface area contributed by atoms with Gasteiger partial charge in [-0.25, -0.2) is 4.79 Å². The molecule has 0 radical (unpaired) electrons. The summed E-state index contributed by atoms with van der Waals surface area (Å²) in [6.45, 7) is 2.09. The zero-order valence-corrected chi connectivity index (χ0v) is 13.1. The maximum atomic E-state index is 12.0. The molecular formula is C14H15BrN2O3. The van der Waals surface area contributed by atoms with Gasteiger partial charge in [0.15, 0.2) is 0 Å². The molecule has 20 heavy (non-hydrogen) atoms. The number of nitrogens with zero attached hydrogens (tertiary/aromatic N) is 1. The zero-order valence-electron chi connectivity index (χ0n) is 11.5. The highest BCUT2D eigenvalue weighted by molar-refractivity contribution is 9.10. The van der Waals surface area contributed by atoms with Crippen LogP contribution < -0.4 is 10.1 Å². The van der Waals surface area contributed by atoms with Gasteiger partial charge in [-0.1, -0.05) is 15.9 Å². The third kappa shape index (κ3) is 2.43. The number of anilines is 1. The van der Waals surface area contributed by atoms with Crippen LogP contribution in [0.5, 0.6) is 5.75 Å². The van der Waals surface area contributed by atoms with Gasteiger partial charge in [-0.05, 0) is 19.1 Å². The SMILES string of the molecule is CCOC(=O)c1cnc2c(OC)ccc(Br)c2c1NC. The van der Waals surface area contributed by atoms with E-state index < -0.39 is 5.97 Å². The van der Waals surface area contributed by atoms with Gasteiger partial charge in [-0.2, -0.15) is 0 Å². The molecule has 1 heterocycles. The number of rotatable bonds is 4. The Hall–Kier alpha value is -1.82. The van der Waals surface area contributed by atoms with Crippen LogP contribution in [-0.2, 0) is 4.74 Å². The van der Waals surface area contributed by atoms with Crippen LogP contribution in [0.3, 0.4) is 0 Å². The standard InChI is InChI=1S/C14H15BrN2O3/c1-4-20-14(18)8-7-17-13-10(19-3)6-5-9(15)11(13)12(8)16-2/h5-7H,4H2,1-3H3,(H,16,17). The Morgan fingerprint density at radius 2 is 2.20 bits per heavy atom. The first kappa shape index (κ1) is 14.6. The maximum Gasteiger partial charge on any atom is 0.341 e. The monoisotopic (exact) mass is 338 g/mol. The summed E-state index contributed by atoms with van der Waals surface area (Å²) in [5.74, 6) is 0.246. The van der Waals surface area contributed by atoms with Gasteiger partial charge in [0.05, 0.1) is 19.4 Å². The van der Waals surface area contributed by atoms with Gasteiger partial charge in [-0.3, -0.25) is 4.98 Å². The first-order valence-corrected chi connectivity index (χ1v) is 6.93. The third-order valence-electron chi connectivity index (χ3n) is 2.90. The Bertz CT molecular complexity index is 658. The Balaban J connectivity index is 2.76. The average Bonchev–Trinajstić information content (AvgIpc) is 2.46. The van der Waals surface area contributed by atoms with Crippen LogP contribution in [0.1, 0.15) is 17.3 Å². The molecule has 0 aliphatic carbocycles. The van der Waals surface area contributed by atoms with Crippen molar-refractivity contribution in [2.24, 2.45) is 0 Å². The van der Waals surface area contributed by atoms with Gasteiger partial charge in [0.2, 0.25) is 0 Å². The smallest absolute Gasteiger partial charge is 0.341 e. The number of aromatic nitrogens is 1. The van der Waals surface area contributed by atoms with Crippen molar-refractivity contribution >= 4 is 38.5 Å². The van der Waals surface area contributed by atoms with Gasteiger partial charge in [-0.15, -0.1) is 0 Å². The minimum Gasteiger partial charge on any atom is -0.494 e. The summed E-state index contributed by atoms with van der Waals surface area (Å²) < 4.78 is 11.2. The first-order chi connectivity index (χ1) is 9.63. The van der Waals surface area contributed by atoms with Crippen molar-refractivity contribution in [3.8, 4) is 5.75 Å². The van der Waals surface area contributed by atoms with Crippen LogP contribution in [0.4, 0.5) is 5.69 Å². The van der Waals surface area contributed by atoms with Crippen molar-refractivity contribution in [1.29, 1.82) is 0 Å². The number of hydrogen-bond donors (Lipinski definition) is 1.